The summed E-state index contributed by atoms with van der Waals surface area (Å²) < 4.78 is 5.47. The second kappa shape index (κ2) is 7.69. The fourth-order valence-corrected chi connectivity index (χ4v) is 3.19. The molecule has 2 amide bonds. The van der Waals surface area contributed by atoms with Crippen LogP contribution in [0.1, 0.15) is 12.8 Å². The van der Waals surface area contributed by atoms with Crippen LogP contribution in [-0.4, -0.2) is 55.6 Å². The van der Waals surface area contributed by atoms with Gasteiger partial charge in [0.15, 0.2) is 11.6 Å². The predicted molar refractivity (Wildman–Crippen MR) is 105 cm³/mol. The van der Waals surface area contributed by atoms with Crippen molar-refractivity contribution in [1.29, 1.82) is 0 Å². The summed E-state index contributed by atoms with van der Waals surface area (Å²) in [6, 6.07) is 11.9. The highest BCUT2D eigenvalue weighted by Gasteiger charge is 2.24. The lowest BCUT2D eigenvalue weighted by molar-refractivity contribution is 0.251. The van der Waals surface area contributed by atoms with Gasteiger partial charge >= 0.3 is 6.03 Å². The van der Waals surface area contributed by atoms with Crippen LogP contribution in [0, 0.1) is 0 Å². The number of nitrogens with zero attached hydrogens (tertiary/aromatic N) is 4. The lowest BCUT2D eigenvalue weighted by Gasteiger charge is -2.37. The molecule has 0 radical (unpaired) electrons. The summed E-state index contributed by atoms with van der Waals surface area (Å²) in [6.45, 7) is 3.46. The Morgan fingerprint density at radius 1 is 1.04 bits per heavy atom. The van der Waals surface area contributed by atoms with Crippen molar-refractivity contribution in [3.63, 3.8) is 0 Å². The van der Waals surface area contributed by atoms with Gasteiger partial charge in [0.05, 0.1) is 12.8 Å². The molecule has 4 rings (SSSR count). The zero-order valence-electron chi connectivity index (χ0n) is 15.4. The standard InChI is InChI=1S/C19H24N6O2/c1-27-16-5-3-2-4-15(16)24-10-12-25(13-11-24)18-9-8-17(22-23-18)21-19(26)20-14-6-7-14/h2-5,8-9,14H,6-7,10-13H2,1H3,(H2,20,21,22,26). The molecule has 1 aliphatic carbocycles. The number of carbonyl (C=O) groups is 1. The molecular weight excluding hydrogens is 344 g/mol. The molecule has 2 aliphatic rings. The molecule has 0 unspecified atom stereocenters. The van der Waals surface area contributed by atoms with E-state index >= 15 is 0 Å². The Morgan fingerprint density at radius 2 is 1.78 bits per heavy atom. The quantitative estimate of drug-likeness (QED) is 0.841. The highest BCUT2D eigenvalue weighted by molar-refractivity contribution is 5.88. The van der Waals surface area contributed by atoms with Gasteiger partial charge in [-0.2, -0.15) is 0 Å². The van der Waals surface area contributed by atoms with Gasteiger partial charge in [-0.1, -0.05) is 12.1 Å². The normalized spacial score (nSPS) is 16.8. The molecule has 1 saturated heterocycles. The first-order valence-electron chi connectivity index (χ1n) is 9.27. The van der Waals surface area contributed by atoms with Crippen LogP contribution in [0.25, 0.3) is 0 Å². The second-order valence-electron chi connectivity index (χ2n) is 6.80. The van der Waals surface area contributed by atoms with Crippen LogP contribution in [-0.2, 0) is 0 Å². The topological polar surface area (TPSA) is 82.6 Å². The number of urea groups is 1. The highest BCUT2D eigenvalue weighted by Crippen LogP contribution is 2.29. The van der Waals surface area contributed by atoms with Gasteiger partial charge in [0.1, 0.15) is 5.75 Å². The third kappa shape index (κ3) is 4.21. The predicted octanol–water partition coefficient (Wildman–Crippen LogP) is 2.10. The number of hydrogen-bond donors (Lipinski definition) is 2. The Kier molecular flexibility index (Phi) is 4.95. The highest BCUT2D eigenvalue weighted by atomic mass is 16.5. The number of ether oxygens (including phenoxy) is 1. The maximum atomic E-state index is 11.8. The average molecular weight is 368 g/mol. The van der Waals surface area contributed by atoms with Crippen LogP contribution in [0.3, 0.4) is 0 Å². The second-order valence-corrected chi connectivity index (χ2v) is 6.80. The van der Waals surface area contributed by atoms with E-state index in [-0.39, 0.29) is 6.03 Å². The first-order valence-corrected chi connectivity index (χ1v) is 9.27. The van der Waals surface area contributed by atoms with Gasteiger partial charge < -0.3 is 19.9 Å². The summed E-state index contributed by atoms with van der Waals surface area (Å²) in [7, 11) is 1.70. The number of rotatable bonds is 5. The molecule has 2 fully saturated rings. The Bertz CT molecular complexity index is 785. The van der Waals surface area contributed by atoms with Gasteiger partial charge in [0, 0.05) is 32.2 Å². The van der Waals surface area contributed by atoms with Crippen LogP contribution in [0.15, 0.2) is 36.4 Å². The monoisotopic (exact) mass is 368 g/mol. The van der Waals surface area contributed by atoms with Crippen molar-refractivity contribution in [2.45, 2.75) is 18.9 Å². The zero-order chi connectivity index (χ0) is 18.6. The molecule has 1 saturated carbocycles. The molecule has 1 aromatic heterocycles. The molecule has 0 atom stereocenters. The van der Waals surface area contributed by atoms with Gasteiger partial charge in [0.2, 0.25) is 0 Å². The summed E-state index contributed by atoms with van der Waals surface area (Å²) in [5.74, 6) is 2.18. The van der Waals surface area contributed by atoms with Crippen LogP contribution >= 0.6 is 0 Å². The molecule has 27 heavy (non-hydrogen) atoms. The number of para-hydroxylation sites is 2. The minimum atomic E-state index is -0.218. The molecule has 0 bridgehead atoms. The van der Waals surface area contributed by atoms with E-state index < -0.39 is 0 Å². The van der Waals surface area contributed by atoms with E-state index in [0.717, 1.165) is 56.3 Å². The molecule has 142 valence electrons. The Balaban J connectivity index is 1.33. The van der Waals surface area contributed by atoms with E-state index in [1.54, 1.807) is 13.2 Å². The maximum absolute atomic E-state index is 11.8. The molecular formula is C19H24N6O2. The number of nitrogens with one attached hydrogen (secondary N) is 2. The summed E-state index contributed by atoms with van der Waals surface area (Å²) in [6.07, 6.45) is 2.11. The number of carbonyl (C=O) groups excluding carboxylic acids is 1. The summed E-state index contributed by atoms with van der Waals surface area (Å²) in [5.41, 5.74) is 1.12. The minimum absolute atomic E-state index is 0.218. The van der Waals surface area contributed by atoms with Crippen molar-refractivity contribution < 1.29 is 9.53 Å². The number of anilines is 3. The van der Waals surface area contributed by atoms with Crippen molar-refractivity contribution in [3.05, 3.63) is 36.4 Å². The fourth-order valence-electron chi connectivity index (χ4n) is 3.19. The number of amides is 2. The van der Waals surface area contributed by atoms with Crippen molar-refractivity contribution in [2.75, 3.05) is 48.4 Å². The first kappa shape index (κ1) is 17.4. The molecule has 2 aromatic rings. The van der Waals surface area contributed by atoms with E-state index in [0.29, 0.717) is 11.9 Å². The summed E-state index contributed by atoms with van der Waals surface area (Å²) >= 11 is 0. The molecule has 1 aliphatic heterocycles. The zero-order valence-corrected chi connectivity index (χ0v) is 15.4. The van der Waals surface area contributed by atoms with Crippen molar-refractivity contribution in [1.82, 2.24) is 15.5 Å². The lowest BCUT2D eigenvalue weighted by Crippen LogP contribution is -2.47. The van der Waals surface area contributed by atoms with Gasteiger partial charge in [-0.05, 0) is 37.1 Å². The third-order valence-electron chi connectivity index (χ3n) is 4.83. The van der Waals surface area contributed by atoms with E-state index in [2.05, 4.69) is 36.7 Å². The van der Waals surface area contributed by atoms with Crippen LogP contribution in [0.5, 0.6) is 5.75 Å². The smallest absolute Gasteiger partial charge is 0.320 e. The van der Waals surface area contributed by atoms with E-state index in [9.17, 15) is 4.79 Å². The van der Waals surface area contributed by atoms with Crippen LogP contribution < -0.4 is 25.2 Å². The van der Waals surface area contributed by atoms with E-state index in [1.807, 2.05) is 24.3 Å². The molecule has 2 N–H and O–H groups in total. The third-order valence-corrected chi connectivity index (χ3v) is 4.83. The van der Waals surface area contributed by atoms with E-state index in [4.69, 9.17) is 4.74 Å². The van der Waals surface area contributed by atoms with Crippen molar-refractivity contribution >= 4 is 23.4 Å². The Hall–Kier alpha value is -3.03. The molecule has 8 nitrogen and oxygen atoms in total. The summed E-state index contributed by atoms with van der Waals surface area (Å²) in [4.78, 5) is 16.3. The number of aromatic nitrogens is 2. The minimum Gasteiger partial charge on any atom is -0.495 e. The number of piperazine rings is 1. The summed E-state index contributed by atoms with van der Waals surface area (Å²) in [5, 5.41) is 14.0. The Morgan fingerprint density at radius 3 is 2.44 bits per heavy atom. The number of benzene rings is 1. The van der Waals surface area contributed by atoms with Crippen molar-refractivity contribution in [3.8, 4) is 5.75 Å². The van der Waals surface area contributed by atoms with Gasteiger partial charge in [0.25, 0.3) is 0 Å². The molecule has 1 aromatic carbocycles. The average Bonchev–Trinajstić information content (AvgIpc) is 3.52. The number of hydrogen-bond acceptors (Lipinski definition) is 6. The Labute approximate surface area is 158 Å². The van der Waals surface area contributed by atoms with Gasteiger partial charge in [-0.25, -0.2) is 4.79 Å². The first-order chi connectivity index (χ1) is 13.2. The fraction of sp³-hybridized carbons (Fsp3) is 0.421. The van der Waals surface area contributed by atoms with Gasteiger partial charge in [-0.15, -0.1) is 10.2 Å². The molecule has 8 heteroatoms. The van der Waals surface area contributed by atoms with Crippen LogP contribution in [0.4, 0.5) is 22.1 Å². The van der Waals surface area contributed by atoms with Gasteiger partial charge in [-0.3, -0.25) is 5.32 Å². The molecule has 0 spiro atoms. The maximum Gasteiger partial charge on any atom is 0.320 e. The molecule has 2 heterocycles. The SMILES string of the molecule is COc1ccccc1N1CCN(c2ccc(NC(=O)NC3CC3)nn2)CC1. The largest absolute Gasteiger partial charge is 0.495 e. The van der Waals surface area contributed by atoms with Crippen LogP contribution in [0.2, 0.25) is 0 Å². The number of methoxy groups -OCH3 is 1. The van der Waals surface area contributed by atoms with E-state index in [1.165, 1.54) is 0 Å². The lowest BCUT2D eigenvalue weighted by atomic mass is 10.2. The van der Waals surface area contributed by atoms with Crippen molar-refractivity contribution in [2.24, 2.45) is 0 Å².